The molecule has 0 aromatic carbocycles. The maximum atomic E-state index is 12.6. The van der Waals surface area contributed by atoms with E-state index >= 15 is 0 Å². The normalized spacial score (nSPS) is 30.0. The number of amides is 2. The van der Waals surface area contributed by atoms with Crippen LogP contribution in [0.25, 0.3) is 0 Å². The Kier molecular flexibility index (Phi) is 4.32. The summed E-state index contributed by atoms with van der Waals surface area (Å²) >= 11 is 0. The average molecular weight is 336 g/mol. The van der Waals surface area contributed by atoms with E-state index in [-0.39, 0.29) is 29.0 Å². The van der Waals surface area contributed by atoms with Crippen LogP contribution in [-0.4, -0.2) is 52.9 Å². The molecule has 134 valence electrons. The van der Waals surface area contributed by atoms with E-state index in [1.54, 1.807) is 7.11 Å². The molecule has 2 aliphatic rings. The molecule has 1 aliphatic heterocycles. The van der Waals surface area contributed by atoms with Gasteiger partial charge >= 0.3 is 6.03 Å². The number of rotatable bonds is 3. The molecule has 2 atom stereocenters. The van der Waals surface area contributed by atoms with E-state index in [0.29, 0.717) is 24.8 Å². The Balaban J connectivity index is 1.51. The lowest BCUT2D eigenvalue weighted by atomic mass is 9.56. The number of ether oxygens (including phenoxy) is 1. The molecule has 1 aromatic heterocycles. The van der Waals surface area contributed by atoms with Gasteiger partial charge in [0, 0.05) is 37.6 Å². The highest BCUT2D eigenvalue weighted by molar-refractivity contribution is 5.75. The van der Waals surface area contributed by atoms with Crippen LogP contribution in [0.3, 0.4) is 0 Å². The molecule has 3 rings (SSSR count). The van der Waals surface area contributed by atoms with Crippen molar-refractivity contribution in [3.05, 3.63) is 11.7 Å². The highest BCUT2D eigenvalue weighted by Gasteiger charge is 2.58. The van der Waals surface area contributed by atoms with Gasteiger partial charge in [-0.15, -0.1) is 0 Å². The zero-order valence-electron chi connectivity index (χ0n) is 15.3. The molecule has 1 saturated carbocycles. The number of hydrogen-bond donors (Lipinski definition) is 1. The van der Waals surface area contributed by atoms with Crippen LogP contribution < -0.4 is 5.32 Å². The SMILES string of the molecule is COC1(C)CC(NC(=O)N2CCC(c3nc(C)no3)CC2)C1(C)C. The molecular formula is C17H28N4O3. The second-order valence-electron chi connectivity index (χ2n) is 7.80. The van der Waals surface area contributed by atoms with Crippen LogP contribution >= 0.6 is 0 Å². The van der Waals surface area contributed by atoms with E-state index in [1.165, 1.54) is 0 Å². The van der Waals surface area contributed by atoms with Crippen molar-refractivity contribution in [3.8, 4) is 0 Å². The van der Waals surface area contributed by atoms with Crippen molar-refractivity contribution in [3.63, 3.8) is 0 Å². The Bertz CT molecular complexity index is 607. The number of carbonyl (C=O) groups is 1. The Morgan fingerprint density at radius 1 is 1.33 bits per heavy atom. The van der Waals surface area contributed by atoms with E-state index < -0.39 is 0 Å². The third-order valence-corrected chi connectivity index (χ3v) is 6.25. The monoisotopic (exact) mass is 336 g/mol. The molecule has 7 heteroatoms. The highest BCUT2D eigenvalue weighted by atomic mass is 16.5. The van der Waals surface area contributed by atoms with Gasteiger partial charge in [-0.2, -0.15) is 4.98 Å². The van der Waals surface area contributed by atoms with E-state index in [9.17, 15) is 4.79 Å². The van der Waals surface area contributed by atoms with Crippen molar-refractivity contribution in [1.29, 1.82) is 0 Å². The lowest BCUT2D eigenvalue weighted by Gasteiger charge is -2.59. The molecule has 24 heavy (non-hydrogen) atoms. The lowest BCUT2D eigenvalue weighted by molar-refractivity contribution is -0.177. The minimum absolute atomic E-state index is 0.0198. The summed E-state index contributed by atoms with van der Waals surface area (Å²) in [6, 6.07) is 0.164. The predicted octanol–water partition coefficient (Wildman–Crippen LogP) is 2.47. The highest BCUT2D eigenvalue weighted by Crippen LogP contribution is 2.51. The summed E-state index contributed by atoms with van der Waals surface area (Å²) < 4.78 is 10.9. The first-order chi connectivity index (χ1) is 11.3. The van der Waals surface area contributed by atoms with Gasteiger partial charge in [-0.1, -0.05) is 19.0 Å². The van der Waals surface area contributed by atoms with E-state index in [2.05, 4.69) is 36.2 Å². The first-order valence-corrected chi connectivity index (χ1v) is 8.67. The van der Waals surface area contributed by atoms with Crippen molar-refractivity contribution in [1.82, 2.24) is 20.4 Å². The number of urea groups is 1. The molecule has 2 unspecified atom stereocenters. The molecule has 0 bridgehead atoms. The van der Waals surface area contributed by atoms with Crippen molar-refractivity contribution in [2.24, 2.45) is 5.41 Å². The second-order valence-corrected chi connectivity index (χ2v) is 7.80. The number of nitrogens with one attached hydrogen (secondary N) is 1. The number of aryl methyl sites for hydroxylation is 1. The van der Waals surface area contributed by atoms with Gasteiger partial charge in [0.05, 0.1) is 5.60 Å². The maximum Gasteiger partial charge on any atom is 0.317 e. The fourth-order valence-electron chi connectivity index (χ4n) is 3.77. The summed E-state index contributed by atoms with van der Waals surface area (Å²) in [6.45, 7) is 9.65. The molecule has 1 aliphatic carbocycles. The van der Waals surface area contributed by atoms with Crippen LogP contribution in [0.2, 0.25) is 0 Å². The van der Waals surface area contributed by atoms with Gasteiger partial charge in [0.15, 0.2) is 5.82 Å². The topological polar surface area (TPSA) is 80.5 Å². The fraction of sp³-hybridized carbons (Fsp3) is 0.824. The Morgan fingerprint density at radius 3 is 2.50 bits per heavy atom. The van der Waals surface area contributed by atoms with Crippen molar-refractivity contribution in [2.75, 3.05) is 20.2 Å². The van der Waals surface area contributed by atoms with Crippen LogP contribution in [0, 0.1) is 12.3 Å². The minimum Gasteiger partial charge on any atom is -0.378 e. The molecule has 1 N–H and O–H groups in total. The van der Waals surface area contributed by atoms with Gasteiger partial charge in [0.25, 0.3) is 0 Å². The molecule has 2 amide bonds. The molecule has 0 spiro atoms. The number of carbonyl (C=O) groups excluding carboxylic acids is 1. The van der Waals surface area contributed by atoms with Crippen molar-refractivity contribution >= 4 is 6.03 Å². The lowest BCUT2D eigenvalue weighted by Crippen LogP contribution is -2.69. The zero-order valence-corrected chi connectivity index (χ0v) is 15.3. The third kappa shape index (κ3) is 2.79. The van der Waals surface area contributed by atoms with E-state index in [1.807, 2.05) is 11.8 Å². The molecule has 7 nitrogen and oxygen atoms in total. The van der Waals surface area contributed by atoms with Gasteiger partial charge in [0.1, 0.15) is 0 Å². The summed E-state index contributed by atoms with van der Waals surface area (Å²) in [7, 11) is 1.74. The standard InChI is InChI=1S/C17H28N4O3/c1-11-18-14(24-20-11)12-6-8-21(9-7-12)15(22)19-13-10-17(4,23-5)16(13,2)3/h12-13H,6-10H2,1-5H3,(H,19,22). The summed E-state index contributed by atoms with van der Waals surface area (Å²) in [5.41, 5.74) is -0.245. The first-order valence-electron chi connectivity index (χ1n) is 8.67. The number of hydrogen-bond acceptors (Lipinski definition) is 5. The molecule has 0 radical (unpaired) electrons. The quantitative estimate of drug-likeness (QED) is 0.917. The van der Waals surface area contributed by atoms with Crippen molar-refractivity contribution in [2.45, 2.75) is 64.5 Å². The average Bonchev–Trinajstić information content (AvgIpc) is 3.00. The van der Waals surface area contributed by atoms with Gasteiger partial charge in [-0.3, -0.25) is 0 Å². The molecule has 2 heterocycles. The Morgan fingerprint density at radius 2 is 2.00 bits per heavy atom. The molecule has 1 saturated heterocycles. The summed E-state index contributed by atoms with van der Waals surface area (Å²) in [5.74, 6) is 1.62. The summed E-state index contributed by atoms with van der Waals surface area (Å²) in [4.78, 5) is 18.8. The Labute approximate surface area is 143 Å². The van der Waals surface area contributed by atoms with Gasteiger partial charge in [0.2, 0.25) is 5.89 Å². The predicted molar refractivity (Wildman–Crippen MR) is 88.7 cm³/mol. The smallest absolute Gasteiger partial charge is 0.317 e. The van der Waals surface area contributed by atoms with Gasteiger partial charge in [-0.05, 0) is 33.1 Å². The number of nitrogens with zero attached hydrogens (tertiary/aromatic N) is 3. The number of likely N-dealkylation sites (tertiary alicyclic amines) is 1. The van der Waals surface area contributed by atoms with Crippen LogP contribution in [0.4, 0.5) is 4.79 Å². The Hall–Kier alpha value is -1.63. The van der Waals surface area contributed by atoms with E-state index in [4.69, 9.17) is 9.26 Å². The number of methoxy groups -OCH3 is 1. The van der Waals surface area contributed by atoms with Crippen LogP contribution in [0.1, 0.15) is 57.7 Å². The minimum atomic E-state index is -0.173. The molecule has 1 aromatic rings. The van der Waals surface area contributed by atoms with Gasteiger partial charge in [-0.25, -0.2) is 4.79 Å². The van der Waals surface area contributed by atoms with Crippen LogP contribution in [0.15, 0.2) is 4.52 Å². The fourth-order valence-corrected chi connectivity index (χ4v) is 3.77. The largest absolute Gasteiger partial charge is 0.378 e. The third-order valence-electron chi connectivity index (χ3n) is 6.25. The molecule has 2 fully saturated rings. The van der Waals surface area contributed by atoms with Crippen molar-refractivity contribution < 1.29 is 14.1 Å². The zero-order chi connectivity index (χ0) is 17.5. The van der Waals surface area contributed by atoms with Gasteiger partial charge < -0.3 is 19.5 Å². The van der Waals surface area contributed by atoms with Crippen LogP contribution in [-0.2, 0) is 4.74 Å². The maximum absolute atomic E-state index is 12.6. The summed E-state index contributed by atoms with van der Waals surface area (Å²) in [6.07, 6.45) is 2.57. The number of piperidine rings is 1. The number of aromatic nitrogens is 2. The first kappa shape index (κ1) is 17.2. The summed E-state index contributed by atoms with van der Waals surface area (Å²) in [5, 5.41) is 7.03. The van der Waals surface area contributed by atoms with E-state index in [0.717, 1.165) is 19.3 Å². The second kappa shape index (κ2) is 6.02. The molecular weight excluding hydrogens is 308 g/mol. The van der Waals surface area contributed by atoms with Crippen LogP contribution in [0.5, 0.6) is 0 Å².